The first-order valence-electron chi connectivity index (χ1n) is 10.6. The predicted molar refractivity (Wildman–Crippen MR) is 107 cm³/mol. The molecule has 0 unspecified atom stereocenters. The summed E-state index contributed by atoms with van der Waals surface area (Å²) in [7, 11) is 0. The van der Waals surface area contributed by atoms with Gasteiger partial charge in [0.05, 0.1) is 5.41 Å². The normalized spacial score (nSPS) is 25.2. The summed E-state index contributed by atoms with van der Waals surface area (Å²) in [4.78, 5) is 17.8. The SMILES string of the molecule is O=C1N(Cc2ccc(F)c(F)c2)CCC[C@@]12CCN(C1Cc3ccccc3C1)C2. The van der Waals surface area contributed by atoms with Crippen molar-refractivity contribution in [3.05, 3.63) is 70.8 Å². The van der Waals surface area contributed by atoms with Gasteiger partial charge in [0, 0.05) is 25.7 Å². The number of benzene rings is 2. The Morgan fingerprint density at radius 2 is 1.72 bits per heavy atom. The van der Waals surface area contributed by atoms with Crippen molar-refractivity contribution in [1.29, 1.82) is 0 Å². The van der Waals surface area contributed by atoms with Crippen LogP contribution in [0.4, 0.5) is 8.78 Å². The lowest BCUT2D eigenvalue weighted by Crippen LogP contribution is -2.50. The molecule has 2 fully saturated rings. The Hall–Kier alpha value is -2.27. The van der Waals surface area contributed by atoms with E-state index in [1.807, 2.05) is 4.90 Å². The molecule has 2 aromatic carbocycles. The Morgan fingerprint density at radius 1 is 0.966 bits per heavy atom. The highest BCUT2D eigenvalue weighted by atomic mass is 19.2. The van der Waals surface area contributed by atoms with Crippen molar-refractivity contribution in [2.75, 3.05) is 19.6 Å². The molecule has 1 aliphatic carbocycles. The van der Waals surface area contributed by atoms with Crippen LogP contribution in [0.2, 0.25) is 0 Å². The van der Waals surface area contributed by atoms with Crippen LogP contribution in [0.1, 0.15) is 36.0 Å². The molecule has 0 aromatic heterocycles. The molecule has 152 valence electrons. The lowest BCUT2D eigenvalue weighted by Gasteiger charge is -2.40. The van der Waals surface area contributed by atoms with Crippen molar-refractivity contribution < 1.29 is 13.6 Å². The van der Waals surface area contributed by atoms with Crippen LogP contribution in [0.5, 0.6) is 0 Å². The maximum Gasteiger partial charge on any atom is 0.230 e. The lowest BCUT2D eigenvalue weighted by atomic mass is 9.78. The van der Waals surface area contributed by atoms with Gasteiger partial charge in [-0.25, -0.2) is 8.78 Å². The summed E-state index contributed by atoms with van der Waals surface area (Å²) in [6, 6.07) is 13.1. The van der Waals surface area contributed by atoms with Crippen molar-refractivity contribution in [2.45, 2.75) is 44.7 Å². The molecule has 0 N–H and O–H groups in total. The van der Waals surface area contributed by atoms with Gasteiger partial charge in [0.2, 0.25) is 5.91 Å². The monoisotopic (exact) mass is 396 g/mol. The van der Waals surface area contributed by atoms with Gasteiger partial charge in [-0.1, -0.05) is 30.3 Å². The molecule has 1 atom stereocenters. The van der Waals surface area contributed by atoms with Crippen LogP contribution in [-0.4, -0.2) is 41.4 Å². The third kappa shape index (κ3) is 3.35. The van der Waals surface area contributed by atoms with Crippen LogP contribution in [0, 0.1) is 17.0 Å². The first-order chi connectivity index (χ1) is 14.0. The first-order valence-corrected chi connectivity index (χ1v) is 10.6. The summed E-state index contributed by atoms with van der Waals surface area (Å²) in [6.07, 6.45) is 4.93. The summed E-state index contributed by atoms with van der Waals surface area (Å²) >= 11 is 0. The number of nitrogens with zero attached hydrogens (tertiary/aromatic N) is 2. The molecule has 0 saturated carbocycles. The fraction of sp³-hybridized carbons (Fsp3) is 0.458. The highest BCUT2D eigenvalue weighted by Crippen LogP contribution is 2.42. The highest BCUT2D eigenvalue weighted by molar-refractivity contribution is 5.84. The zero-order valence-corrected chi connectivity index (χ0v) is 16.5. The van der Waals surface area contributed by atoms with Gasteiger partial charge in [-0.15, -0.1) is 0 Å². The van der Waals surface area contributed by atoms with E-state index < -0.39 is 11.6 Å². The van der Waals surface area contributed by atoms with E-state index in [-0.39, 0.29) is 11.3 Å². The van der Waals surface area contributed by atoms with Crippen molar-refractivity contribution in [1.82, 2.24) is 9.80 Å². The number of carbonyl (C=O) groups excluding carboxylic acids is 1. The van der Waals surface area contributed by atoms with E-state index in [2.05, 4.69) is 29.2 Å². The maximum absolute atomic E-state index is 13.6. The molecular formula is C24H26F2N2O. The molecule has 2 aliphatic heterocycles. The van der Waals surface area contributed by atoms with E-state index >= 15 is 0 Å². The van der Waals surface area contributed by atoms with Gasteiger partial charge in [0.25, 0.3) is 0 Å². The van der Waals surface area contributed by atoms with Crippen LogP contribution >= 0.6 is 0 Å². The van der Waals surface area contributed by atoms with Gasteiger partial charge < -0.3 is 4.90 Å². The van der Waals surface area contributed by atoms with E-state index in [1.54, 1.807) is 6.07 Å². The highest BCUT2D eigenvalue weighted by Gasteiger charge is 2.49. The van der Waals surface area contributed by atoms with Crippen molar-refractivity contribution in [2.24, 2.45) is 5.41 Å². The molecule has 1 spiro atoms. The third-order valence-corrected chi connectivity index (χ3v) is 7.11. The van der Waals surface area contributed by atoms with Crippen molar-refractivity contribution >= 4 is 5.91 Å². The van der Waals surface area contributed by atoms with Gasteiger partial charge >= 0.3 is 0 Å². The Labute approximate surface area is 170 Å². The number of rotatable bonds is 3. The molecule has 5 heteroatoms. The zero-order chi connectivity index (χ0) is 20.0. The van der Waals surface area contributed by atoms with E-state index in [0.717, 1.165) is 51.3 Å². The summed E-state index contributed by atoms with van der Waals surface area (Å²) in [5.41, 5.74) is 3.21. The average Bonchev–Trinajstić information content (AvgIpc) is 3.33. The number of carbonyl (C=O) groups is 1. The van der Waals surface area contributed by atoms with Crippen LogP contribution in [0.25, 0.3) is 0 Å². The summed E-state index contributed by atoms with van der Waals surface area (Å²) in [5, 5.41) is 0. The zero-order valence-electron chi connectivity index (χ0n) is 16.5. The maximum atomic E-state index is 13.6. The topological polar surface area (TPSA) is 23.6 Å². The van der Waals surface area contributed by atoms with Crippen LogP contribution in [0.15, 0.2) is 42.5 Å². The minimum absolute atomic E-state index is 0.187. The van der Waals surface area contributed by atoms with Crippen LogP contribution in [-0.2, 0) is 24.2 Å². The molecule has 3 aliphatic rings. The van der Waals surface area contributed by atoms with E-state index in [1.165, 1.54) is 17.2 Å². The smallest absolute Gasteiger partial charge is 0.230 e. The predicted octanol–water partition coefficient (Wildman–Crippen LogP) is 3.95. The fourth-order valence-electron chi connectivity index (χ4n) is 5.55. The van der Waals surface area contributed by atoms with Crippen LogP contribution in [0.3, 0.4) is 0 Å². The van der Waals surface area contributed by atoms with Gasteiger partial charge in [0.15, 0.2) is 11.6 Å². The summed E-state index contributed by atoms with van der Waals surface area (Å²) in [6.45, 7) is 2.82. The Kier molecular flexibility index (Phi) is 4.66. The number of amides is 1. The minimum Gasteiger partial charge on any atom is -0.338 e. The number of hydrogen-bond donors (Lipinski definition) is 0. The van der Waals surface area contributed by atoms with Gasteiger partial charge in [-0.3, -0.25) is 9.69 Å². The van der Waals surface area contributed by atoms with Crippen LogP contribution < -0.4 is 0 Å². The number of piperidine rings is 1. The molecule has 2 saturated heterocycles. The quantitative estimate of drug-likeness (QED) is 0.785. The molecule has 2 heterocycles. The first kappa shape index (κ1) is 18.7. The number of halogens is 2. The molecule has 5 rings (SSSR count). The minimum atomic E-state index is -0.852. The van der Waals surface area contributed by atoms with E-state index in [9.17, 15) is 13.6 Å². The largest absolute Gasteiger partial charge is 0.338 e. The fourth-order valence-corrected chi connectivity index (χ4v) is 5.55. The van der Waals surface area contributed by atoms with E-state index in [0.29, 0.717) is 24.7 Å². The standard InChI is InChI=1S/C24H26F2N2O/c25-21-7-6-17(12-22(21)26)15-27-10-3-8-24(23(27)29)9-11-28(16-24)20-13-18-4-1-2-5-19(18)14-20/h1-2,4-7,12,20H,3,8-11,13-16H2/t24-/m0/s1. The molecule has 1 amide bonds. The molecule has 29 heavy (non-hydrogen) atoms. The average molecular weight is 396 g/mol. The molecule has 2 aromatic rings. The molecule has 0 radical (unpaired) electrons. The molecular weight excluding hydrogens is 370 g/mol. The Balaban J connectivity index is 1.28. The molecule has 3 nitrogen and oxygen atoms in total. The second-order valence-electron chi connectivity index (χ2n) is 8.91. The van der Waals surface area contributed by atoms with Gasteiger partial charge in [-0.05, 0) is 67.5 Å². The summed E-state index contributed by atoms with van der Waals surface area (Å²) in [5.74, 6) is -1.51. The second kappa shape index (κ2) is 7.21. The van der Waals surface area contributed by atoms with E-state index in [4.69, 9.17) is 0 Å². The van der Waals surface area contributed by atoms with Gasteiger partial charge in [0.1, 0.15) is 0 Å². The number of hydrogen-bond acceptors (Lipinski definition) is 2. The number of likely N-dealkylation sites (tertiary alicyclic amines) is 2. The van der Waals surface area contributed by atoms with Crippen molar-refractivity contribution in [3.63, 3.8) is 0 Å². The summed E-state index contributed by atoms with van der Waals surface area (Å²) < 4.78 is 26.8. The second-order valence-corrected chi connectivity index (χ2v) is 8.91. The van der Waals surface area contributed by atoms with Gasteiger partial charge in [-0.2, -0.15) is 0 Å². The van der Waals surface area contributed by atoms with Crippen molar-refractivity contribution in [3.8, 4) is 0 Å². The Bertz CT molecular complexity index is 921. The number of fused-ring (bicyclic) bond motifs is 1. The third-order valence-electron chi connectivity index (χ3n) is 7.11. The lowest BCUT2D eigenvalue weighted by molar-refractivity contribution is -0.146. The Morgan fingerprint density at radius 3 is 2.45 bits per heavy atom. The molecule has 0 bridgehead atoms.